The summed E-state index contributed by atoms with van der Waals surface area (Å²) in [5, 5.41) is 3.12. The van der Waals surface area contributed by atoms with Crippen LogP contribution >= 0.6 is 27.3 Å². The summed E-state index contributed by atoms with van der Waals surface area (Å²) in [6.45, 7) is 0. The number of ether oxygens (including phenoxy) is 1. The Morgan fingerprint density at radius 1 is 1.24 bits per heavy atom. The second-order valence-electron chi connectivity index (χ2n) is 5.22. The fourth-order valence-electron chi connectivity index (χ4n) is 2.16. The molecule has 1 heterocycles. The first-order chi connectivity index (χ1) is 11.8. The van der Waals surface area contributed by atoms with Gasteiger partial charge in [0.15, 0.2) is 15.0 Å². The number of carbonyl (C=O) groups is 1. The van der Waals surface area contributed by atoms with E-state index >= 15 is 0 Å². The second kappa shape index (κ2) is 6.74. The van der Waals surface area contributed by atoms with Crippen LogP contribution in [0.25, 0.3) is 10.2 Å². The van der Waals surface area contributed by atoms with Crippen molar-refractivity contribution >= 4 is 58.4 Å². The zero-order valence-electron chi connectivity index (χ0n) is 13.2. The van der Waals surface area contributed by atoms with E-state index in [4.69, 9.17) is 4.74 Å². The van der Waals surface area contributed by atoms with Gasteiger partial charge in [-0.1, -0.05) is 11.3 Å². The summed E-state index contributed by atoms with van der Waals surface area (Å²) >= 11 is 4.55. The van der Waals surface area contributed by atoms with Crippen LogP contribution in [0.1, 0.15) is 10.4 Å². The van der Waals surface area contributed by atoms with Crippen molar-refractivity contribution in [1.29, 1.82) is 0 Å². The van der Waals surface area contributed by atoms with Gasteiger partial charge < -0.3 is 4.74 Å². The number of methoxy groups -OCH3 is 1. The van der Waals surface area contributed by atoms with E-state index in [1.165, 1.54) is 24.5 Å². The van der Waals surface area contributed by atoms with E-state index in [1.54, 1.807) is 30.3 Å². The number of thiazole rings is 1. The smallest absolute Gasteiger partial charge is 0.258 e. The van der Waals surface area contributed by atoms with E-state index in [1.807, 2.05) is 0 Å². The largest absolute Gasteiger partial charge is 0.497 e. The third kappa shape index (κ3) is 3.83. The second-order valence-corrected chi connectivity index (χ2v) is 9.12. The predicted molar refractivity (Wildman–Crippen MR) is 101 cm³/mol. The van der Waals surface area contributed by atoms with Crippen LogP contribution in [0.5, 0.6) is 5.75 Å². The lowest BCUT2D eigenvalue weighted by atomic mass is 10.2. The number of nitrogens with zero attached hydrogens (tertiary/aromatic N) is 1. The Bertz CT molecular complexity index is 1080. The molecule has 0 radical (unpaired) electrons. The van der Waals surface area contributed by atoms with Crippen LogP contribution in [0, 0.1) is 0 Å². The normalized spacial score (nSPS) is 11.5. The van der Waals surface area contributed by atoms with Crippen LogP contribution < -0.4 is 10.1 Å². The molecule has 0 fully saturated rings. The highest BCUT2D eigenvalue weighted by Gasteiger charge is 2.15. The third-order valence-electron chi connectivity index (χ3n) is 3.43. The molecule has 1 N–H and O–H groups in total. The van der Waals surface area contributed by atoms with Gasteiger partial charge in [0.1, 0.15) is 5.75 Å². The molecule has 0 bridgehead atoms. The van der Waals surface area contributed by atoms with Crippen LogP contribution in [0.15, 0.2) is 45.8 Å². The first-order valence-electron chi connectivity index (χ1n) is 7.03. The minimum Gasteiger partial charge on any atom is -0.497 e. The number of nitrogens with one attached hydrogen (secondary N) is 1. The van der Waals surface area contributed by atoms with E-state index < -0.39 is 9.84 Å². The molecule has 9 heteroatoms. The Labute approximate surface area is 156 Å². The average molecular weight is 441 g/mol. The first-order valence-corrected chi connectivity index (χ1v) is 10.5. The number of hydrogen-bond donors (Lipinski definition) is 1. The number of benzene rings is 2. The molecule has 0 spiro atoms. The molecule has 0 aliphatic heterocycles. The van der Waals surface area contributed by atoms with Crippen molar-refractivity contribution in [2.75, 3.05) is 18.7 Å². The first kappa shape index (κ1) is 17.8. The van der Waals surface area contributed by atoms with Crippen LogP contribution in [0.2, 0.25) is 0 Å². The third-order valence-corrected chi connectivity index (χ3v) is 6.16. The molecule has 0 aliphatic rings. The molecule has 130 valence electrons. The summed E-state index contributed by atoms with van der Waals surface area (Å²) < 4.78 is 29.7. The number of aromatic nitrogens is 1. The van der Waals surface area contributed by atoms with Gasteiger partial charge in [0.25, 0.3) is 5.91 Å². The van der Waals surface area contributed by atoms with Gasteiger partial charge in [-0.2, -0.15) is 0 Å². The maximum absolute atomic E-state index is 12.5. The van der Waals surface area contributed by atoms with Gasteiger partial charge in [0.05, 0.1) is 27.8 Å². The summed E-state index contributed by atoms with van der Waals surface area (Å²) in [6, 6.07) is 9.77. The number of anilines is 1. The Kier molecular flexibility index (Phi) is 4.81. The molecular weight excluding hydrogens is 428 g/mol. The lowest BCUT2D eigenvalue weighted by Crippen LogP contribution is -2.12. The van der Waals surface area contributed by atoms with Crippen molar-refractivity contribution in [3.05, 3.63) is 46.4 Å². The molecule has 6 nitrogen and oxygen atoms in total. The minimum absolute atomic E-state index is 0.220. The number of sulfone groups is 1. The summed E-state index contributed by atoms with van der Waals surface area (Å²) in [5.41, 5.74) is 1.04. The lowest BCUT2D eigenvalue weighted by Gasteiger charge is -2.06. The standard InChI is InChI=1S/C16H13BrN2O4S2/c1-23-9-3-5-12(17)11(7-9)15(20)19-16-18-13-6-4-10(25(2,21)22)8-14(13)24-16/h3-8H,1-2H3,(H,18,19,20). The van der Waals surface area contributed by atoms with Gasteiger partial charge in [-0.05, 0) is 52.3 Å². The molecule has 3 aromatic rings. The molecule has 0 saturated carbocycles. The monoisotopic (exact) mass is 440 g/mol. The van der Waals surface area contributed by atoms with Gasteiger partial charge in [0, 0.05) is 10.7 Å². The number of amides is 1. The summed E-state index contributed by atoms with van der Waals surface area (Å²) in [6.07, 6.45) is 1.15. The molecule has 1 amide bonds. The fraction of sp³-hybridized carbons (Fsp3) is 0.125. The molecule has 25 heavy (non-hydrogen) atoms. The van der Waals surface area contributed by atoms with Crippen LogP contribution in [0.3, 0.4) is 0 Å². The van der Waals surface area contributed by atoms with Crippen molar-refractivity contribution in [3.8, 4) is 5.75 Å². The van der Waals surface area contributed by atoms with Gasteiger partial charge in [0.2, 0.25) is 0 Å². The van der Waals surface area contributed by atoms with Crippen molar-refractivity contribution in [2.45, 2.75) is 4.90 Å². The zero-order chi connectivity index (χ0) is 18.2. The fourth-order valence-corrected chi connectivity index (χ4v) is 4.21. The predicted octanol–water partition coefficient (Wildman–Crippen LogP) is 3.72. The summed E-state index contributed by atoms with van der Waals surface area (Å²) in [4.78, 5) is 17.0. The maximum Gasteiger partial charge on any atom is 0.258 e. The van der Waals surface area contributed by atoms with E-state index in [0.29, 0.717) is 31.1 Å². The number of fused-ring (bicyclic) bond motifs is 1. The SMILES string of the molecule is COc1ccc(Br)c(C(=O)Nc2nc3ccc(S(C)(=O)=O)cc3s2)c1. The van der Waals surface area contributed by atoms with Crippen molar-refractivity contribution < 1.29 is 17.9 Å². The van der Waals surface area contributed by atoms with Crippen LogP contribution in [0.4, 0.5) is 5.13 Å². The highest BCUT2D eigenvalue weighted by molar-refractivity contribution is 9.10. The molecule has 0 atom stereocenters. The highest BCUT2D eigenvalue weighted by Crippen LogP contribution is 2.29. The van der Waals surface area contributed by atoms with Crippen molar-refractivity contribution in [3.63, 3.8) is 0 Å². The molecule has 0 aliphatic carbocycles. The molecule has 0 saturated heterocycles. The van der Waals surface area contributed by atoms with Gasteiger partial charge in [-0.3, -0.25) is 10.1 Å². The highest BCUT2D eigenvalue weighted by atomic mass is 79.9. The average Bonchev–Trinajstić information content (AvgIpc) is 2.95. The van der Waals surface area contributed by atoms with Gasteiger partial charge >= 0.3 is 0 Å². The Morgan fingerprint density at radius 2 is 2.00 bits per heavy atom. The van der Waals surface area contributed by atoms with Crippen molar-refractivity contribution in [1.82, 2.24) is 4.98 Å². The molecule has 1 aromatic heterocycles. The number of rotatable bonds is 4. The number of halogens is 1. The Balaban J connectivity index is 1.91. The van der Waals surface area contributed by atoms with E-state index in [0.717, 1.165) is 6.26 Å². The number of hydrogen-bond acceptors (Lipinski definition) is 6. The Hall–Kier alpha value is -1.97. The molecule has 2 aromatic carbocycles. The van der Waals surface area contributed by atoms with Crippen LogP contribution in [-0.4, -0.2) is 32.7 Å². The van der Waals surface area contributed by atoms with E-state index in [9.17, 15) is 13.2 Å². The van der Waals surface area contributed by atoms with E-state index in [2.05, 4.69) is 26.2 Å². The number of carbonyl (C=O) groups excluding carboxylic acids is 1. The Morgan fingerprint density at radius 3 is 2.68 bits per heavy atom. The summed E-state index contributed by atoms with van der Waals surface area (Å²) in [5.74, 6) is 0.226. The zero-order valence-corrected chi connectivity index (χ0v) is 16.5. The maximum atomic E-state index is 12.5. The minimum atomic E-state index is -3.29. The van der Waals surface area contributed by atoms with Gasteiger partial charge in [-0.15, -0.1) is 0 Å². The van der Waals surface area contributed by atoms with Crippen LogP contribution in [-0.2, 0) is 9.84 Å². The van der Waals surface area contributed by atoms with E-state index in [-0.39, 0.29) is 10.8 Å². The quantitative estimate of drug-likeness (QED) is 0.667. The molecule has 0 unspecified atom stereocenters. The summed E-state index contributed by atoms with van der Waals surface area (Å²) in [7, 11) is -1.77. The molecule has 3 rings (SSSR count). The van der Waals surface area contributed by atoms with Crippen molar-refractivity contribution in [2.24, 2.45) is 0 Å². The van der Waals surface area contributed by atoms with Gasteiger partial charge in [-0.25, -0.2) is 13.4 Å². The molecular formula is C16H13BrN2O4S2. The lowest BCUT2D eigenvalue weighted by molar-refractivity contribution is 0.102. The topological polar surface area (TPSA) is 85.4 Å².